The lowest BCUT2D eigenvalue weighted by atomic mass is 10.2. The Labute approximate surface area is 182 Å². The van der Waals surface area contributed by atoms with E-state index in [9.17, 15) is 4.79 Å². The van der Waals surface area contributed by atoms with Crippen molar-refractivity contribution in [3.05, 3.63) is 82.3 Å². The summed E-state index contributed by atoms with van der Waals surface area (Å²) in [5, 5.41) is 6.75. The summed E-state index contributed by atoms with van der Waals surface area (Å²) in [6.45, 7) is 0. The van der Waals surface area contributed by atoms with Crippen LogP contribution in [0.1, 0.15) is 10.4 Å². The van der Waals surface area contributed by atoms with E-state index in [2.05, 4.69) is 20.6 Å². The molecule has 0 atom stereocenters. The van der Waals surface area contributed by atoms with E-state index in [1.807, 2.05) is 36.4 Å². The van der Waals surface area contributed by atoms with Crippen LogP contribution in [0.3, 0.4) is 0 Å². The molecule has 3 N–H and O–H groups in total. The molecular weight excluding hydrogens is 427 g/mol. The van der Waals surface area contributed by atoms with Crippen LogP contribution < -0.4 is 10.6 Å². The van der Waals surface area contributed by atoms with Crippen LogP contribution >= 0.6 is 35.4 Å². The molecule has 4 aromatic rings. The zero-order chi connectivity index (χ0) is 20.4. The number of fused-ring (bicyclic) bond motifs is 1. The molecule has 29 heavy (non-hydrogen) atoms. The molecule has 1 heterocycles. The maximum Gasteiger partial charge on any atom is 0.257 e. The second kappa shape index (κ2) is 8.21. The predicted molar refractivity (Wildman–Crippen MR) is 122 cm³/mol. The Morgan fingerprint density at radius 1 is 1.00 bits per heavy atom. The van der Waals surface area contributed by atoms with Crippen molar-refractivity contribution < 1.29 is 4.79 Å². The second-order valence-electron chi connectivity index (χ2n) is 6.21. The molecule has 0 bridgehead atoms. The third-order valence-electron chi connectivity index (χ3n) is 4.21. The highest BCUT2D eigenvalue weighted by atomic mass is 35.5. The molecule has 0 saturated carbocycles. The topological polar surface area (TPSA) is 69.8 Å². The smallest absolute Gasteiger partial charge is 0.257 e. The van der Waals surface area contributed by atoms with E-state index in [4.69, 9.17) is 35.4 Å². The van der Waals surface area contributed by atoms with E-state index >= 15 is 0 Å². The Balaban J connectivity index is 1.52. The molecule has 0 unspecified atom stereocenters. The molecule has 144 valence electrons. The number of thiocarbonyl (C=S) groups is 1. The maximum atomic E-state index is 12.3. The number of aromatic amines is 1. The average molecular weight is 441 g/mol. The molecule has 5 nitrogen and oxygen atoms in total. The van der Waals surface area contributed by atoms with Gasteiger partial charge in [0.1, 0.15) is 5.82 Å². The molecule has 1 aromatic heterocycles. The number of hydrogen-bond donors (Lipinski definition) is 3. The summed E-state index contributed by atoms with van der Waals surface area (Å²) in [6.07, 6.45) is 0. The van der Waals surface area contributed by atoms with Gasteiger partial charge in [0.25, 0.3) is 5.91 Å². The standard InChI is InChI=1S/C21H14Cl2N4OS/c22-14-8-5-12(6-9-14)20(28)27-21(29)26-18-11-13(7-10-15(18)23)19-24-16-3-1-2-4-17(16)25-19/h1-11H,(H,24,25)(H2,26,27,28,29). The molecule has 0 saturated heterocycles. The molecule has 1 amide bonds. The molecule has 0 spiro atoms. The normalized spacial score (nSPS) is 10.7. The van der Waals surface area contributed by atoms with E-state index in [1.54, 1.807) is 30.3 Å². The Hall–Kier alpha value is -2.93. The van der Waals surface area contributed by atoms with Crippen molar-refractivity contribution in [2.24, 2.45) is 0 Å². The number of carbonyl (C=O) groups is 1. The summed E-state index contributed by atoms with van der Waals surface area (Å²) in [6, 6.07) is 19.7. The van der Waals surface area contributed by atoms with Gasteiger partial charge in [-0.1, -0.05) is 35.3 Å². The average Bonchev–Trinajstić information content (AvgIpc) is 3.14. The van der Waals surface area contributed by atoms with Crippen LogP contribution in [0.15, 0.2) is 66.7 Å². The lowest BCUT2D eigenvalue weighted by Gasteiger charge is -2.12. The molecule has 0 aliphatic rings. The van der Waals surface area contributed by atoms with E-state index in [0.717, 1.165) is 16.6 Å². The van der Waals surface area contributed by atoms with Crippen molar-refractivity contribution in [1.82, 2.24) is 15.3 Å². The first-order chi connectivity index (χ1) is 14.0. The Bertz CT molecular complexity index is 1190. The van der Waals surface area contributed by atoms with E-state index in [-0.39, 0.29) is 11.0 Å². The van der Waals surface area contributed by atoms with E-state index in [1.165, 1.54) is 0 Å². The predicted octanol–water partition coefficient (Wildman–Crippen LogP) is 5.66. The fourth-order valence-corrected chi connectivity index (χ4v) is 3.28. The minimum atomic E-state index is -0.344. The van der Waals surface area contributed by atoms with Gasteiger partial charge in [-0.2, -0.15) is 0 Å². The minimum absolute atomic E-state index is 0.133. The zero-order valence-electron chi connectivity index (χ0n) is 14.9. The third kappa shape index (κ3) is 4.40. The van der Waals surface area contributed by atoms with Crippen LogP contribution in [-0.2, 0) is 0 Å². The van der Waals surface area contributed by atoms with Gasteiger partial charge in [0.2, 0.25) is 0 Å². The Kier molecular flexibility index (Phi) is 5.49. The first kappa shape index (κ1) is 19.4. The lowest BCUT2D eigenvalue weighted by Crippen LogP contribution is -2.34. The SMILES string of the molecule is O=C(NC(=S)Nc1cc(-c2nc3ccccc3[nH]2)ccc1Cl)c1ccc(Cl)cc1. The number of imidazole rings is 1. The molecule has 0 aliphatic heterocycles. The van der Waals surface area contributed by atoms with Crippen molar-refractivity contribution in [3.8, 4) is 11.4 Å². The van der Waals surface area contributed by atoms with Gasteiger partial charge in [-0.25, -0.2) is 4.98 Å². The van der Waals surface area contributed by atoms with Gasteiger partial charge in [0.05, 0.1) is 21.7 Å². The number of nitrogens with zero attached hydrogens (tertiary/aromatic N) is 1. The number of rotatable bonds is 3. The quantitative estimate of drug-likeness (QED) is 0.359. The molecule has 8 heteroatoms. The molecular formula is C21H14Cl2N4OS. The summed E-state index contributed by atoms with van der Waals surface area (Å²) < 4.78 is 0. The second-order valence-corrected chi connectivity index (χ2v) is 7.46. The maximum absolute atomic E-state index is 12.3. The van der Waals surface area contributed by atoms with Gasteiger partial charge in [-0.05, 0) is 66.8 Å². The zero-order valence-corrected chi connectivity index (χ0v) is 17.2. The number of nitrogens with one attached hydrogen (secondary N) is 3. The number of benzene rings is 3. The summed E-state index contributed by atoms with van der Waals surface area (Å²) >= 11 is 17.4. The number of anilines is 1. The van der Waals surface area contributed by atoms with Crippen LogP contribution in [-0.4, -0.2) is 21.0 Å². The minimum Gasteiger partial charge on any atom is -0.338 e. The van der Waals surface area contributed by atoms with Crippen molar-refractivity contribution in [2.75, 3.05) is 5.32 Å². The number of carbonyl (C=O) groups excluding carboxylic acids is 1. The number of H-pyrrole nitrogens is 1. The highest BCUT2D eigenvalue weighted by Crippen LogP contribution is 2.28. The van der Waals surface area contributed by atoms with E-state index in [0.29, 0.717) is 27.1 Å². The van der Waals surface area contributed by atoms with Crippen LogP contribution in [0.2, 0.25) is 10.0 Å². The van der Waals surface area contributed by atoms with Gasteiger partial charge in [0.15, 0.2) is 5.11 Å². The highest BCUT2D eigenvalue weighted by molar-refractivity contribution is 7.80. The molecule has 0 fully saturated rings. The van der Waals surface area contributed by atoms with Crippen molar-refractivity contribution in [3.63, 3.8) is 0 Å². The van der Waals surface area contributed by atoms with Crippen LogP contribution in [0.4, 0.5) is 5.69 Å². The summed E-state index contributed by atoms with van der Waals surface area (Å²) in [4.78, 5) is 20.2. The van der Waals surface area contributed by atoms with Crippen LogP contribution in [0.25, 0.3) is 22.4 Å². The first-order valence-corrected chi connectivity index (χ1v) is 9.78. The molecule has 3 aromatic carbocycles. The van der Waals surface area contributed by atoms with Gasteiger partial charge < -0.3 is 10.3 Å². The number of halogens is 2. The molecule has 0 aliphatic carbocycles. The fourth-order valence-electron chi connectivity index (χ4n) is 2.79. The van der Waals surface area contributed by atoms with Crippen molar-refractivity contribution in [2.45, 2.75) is 0 Å². The molecule has 4 rings (SSSR count). The third-order valence-corrected chi connectivity index (χ3v) is 5.00. The van der Waals surface area contributed by atoms with Crippen molar-refractivity contribution >= 4 is 63.2 Å². The van der Waals surface area contributed by atoms with Crippen molar-refractivity contribution in [1.29, 1.82) is 0 Å². The Morgan fingerprint density at radius 3 is 2.52 bits per heavy atom. The Morgan fingerprint density at radius 2 is 1.76 bits per heavy atom. The van der Waals surface area contributed by atoms with E-state index < -0.39 is 0 Å². The summed E-state index contributed by atoms with van der Waals surface area (Å²) in [5.74, 6) is 0.366. The van der Waals surface area contributed by atoms with Crippen LogP contribution in [0, 0.1) is 0 Å². The van der Waals surface area contributed by atoms with Gasteiger partial charge in [-0.15, -0.1) is 0 Å². The fraction of sp³-hybridized carbons (Fsp3) is 0. The van der Waals surface area contributed by atoms with Gasteiger partial charge >= 0.3 is 0 Å². The van der Waals surface area contributed by atoms with Gasteiger partial charge in [0, 0.05) is 16.1 Å². The van der Waals surface area contributed by atoms with Crippen LogP contribution in [0.5, 0.6) is 0 Å². The number of amides is 1. The highest BCUT2D eigenvalue weighted by Gasteiger charge is 2.12. The number of para-hydroxylation sites is 2. The summed E-state index contributed by atoms with van der Waals surface area (Å²) in [5.41, 5.74) is 3.65. The summed E-state index contributed by atoms with van der Waals surface area (Å²) in [7, 11) is 0. The number of aromatic nitrogens is 2. The van der Waals surface area contributed by atoms with Gasteiger partial charge in [-0.3, -0.25) is 10.1 Å². The lowest BCUT2D eigenvalue weighted by molar-refractivity contribution is 0.0977. The number of hydrogen-bond acceptors (Lipinski definition) is 3. The molecule has 0 radical (unpaired) electrons. The first-order valence-electron chi connectivity index (χ1n) is 8.62. The monoisotopic (exact) mass is 440 g/mol. The largest absolute Gasteiger partial charge is 0.338 e.